The van der Waals surface area contributed by atoms with Crippen LogP contribution in [-0.4, -0.2) is 33.4 Å². The number of hydrogen-bond donors (Lipinski definition) is 0. The number of benzene rings is 2. The van der Waals surface area contributed by atoms with Gasteiger partial charge in [-0.1, -0.05) is 30.3 Å². The number of amides is 1. The summed E-state index contributed by atoms with van der Waals surface area (Å²) in [5.74, 6) is -0.377. The first-order chi connectivity index (χ1) is 13.0. The molecule has 4 rings (SSSR count). The van der Waals surface area contributed by atoms with Crippen molar-refractivity contribution in [3.05, 3.63) is 76.0 Å². The summed E-state index contributed by atoms with van der Waals surface area (Å²) in [7, 11) is 0. The first kappa shape index (κ1) is 17.4. The van der Waals surface area contributed by atoms with Crippen molar-refractivity contribution in [2.24, 2.45) is 0 Å². The zero-order valence-electron chi connectivity index (χ0n) is 15.1. The molecule has 0 N–H and O–H groups in total. The molecule has 0 unspecified atom stereocenters. The Labute approximate surface area is 156 Å². The Kier molecular flexibility index (Phi) is 4.48. The number of rotatable bonds is 3. The first-order valence-electron chi connectivity index (χ1n) is 9.03. The summed E-state index contributed by atoms with van der Waals surface area (Å²) in [5, 5.41) is 0. The monoisotopic (exact) mass is 365 g/mol. The lowest BCUT2D eigenvalue weighted by atomic mass is 9.98. The smallest absolute Gasteiger partial charge is 0.272 e. The number of hydrogen-bond acceptors (Lipinski definition) is 3. The number of aryl methyl sites for hydroxylation is 1. The van der Waals surface area contributed by atoms with Gasteiger partial charge in [-0.25, -0.2) is 9.37 Å². The van der Waals surface area contributed by atoms with Crippen molar-refractivity contribution in [3.8, 4) is 0 Å². The summed E-state index contributed by atoms with van der Waals surface area (Å²) >= 11 is 0. The molecule has 1 atom stereocenters. The third kappa shape index (κ3) is 3.23. The van der Waals surface area contributed by atoms with Crippen molar-refractivity contribution < 1.29 is 9.18 Å². The Bertz CT molecular complexity index is 1080. The van der Waals surface area contributed by atoms with E-state index in [4.69, 9.17) is 0 Å². The molecule has 6 heteroatoms. The van der Waals surface area contributed by atoms with Crippen LogP contribution in [0.4, 0.5) is 4.39 Å². The van der Waals surface area contributed by atoms with Crippen molar-refractivity contribution in [2.75, 3.05) is 13.1 Å². The van der Waals surface area contributed by atoms with Crippen LogP contribution in [0.25, 0.3) is 11.0 Å². The Morgan fingerprint density at radius 2 is 1.93 bits per heavy atom. The van der Waals surface area contributed by atoms with Crippen LogP contribution in [0.1, 0.15) is 23.6 Å². The van der Waals surface area contributed by atoms with E-state index in [1.54, 1.807) is 30.0 Å². The van der Waals surface area contributed by atoms with Crippen LogP contribution >= 0.6 is 0 Å². The van der Waals surface area contributed by atoms with Crippen LogP contribution in [0.15, 0.2) is 53.3 Å². The first-order valence-corrected chi connectivity index (χ1v) is 9.03. The Morgan fingerprint density at radius 1 is 1.19 bits per heavy atom. The molecule has 0 radical (unpaired) electrons. The Balaban J connectivity index is 1.57. The van der Waals surface area contributed by atoms with Gasteiger partial charge in [-0.15, -0.1) is 0 Å². The van der Waals surface area contributed by atoms with Gasteiger partial charge in [0, 0.05) is 19.0 Å². The highest BCUT2D eigenvalue weighted by molar-refractivity contribution is 5.80. The summed E-state index contributed by atoms with van der Waals surface area (Å²) in [6.45, 7) is 2.65. The van der Waals surface area contributed by atoms with Crippen LogP contribution in [0.3, 0.4) is 0 Å². The molecule has 138 valence electrons. The van der Waals surface area contributed by atoms with Crippen LogP contribution in [-0.2, 0) is 11.3 Å². The van der Waals surface area contributed by atoms with E-state index in [0.29, 0.717) is 35.4 Å². The second kappa shape index (κ2) is 6.95. The second-order valence-corrected chi connectivity index (χ2v) is 6.92. The minimum Gasteiger partial charge on any atom is -0.341 e. The molecule has 2 heterocycles. The Morgan fingerprint density at radius 3 is 2.74 bits per heavy atom. The SMILES string of the molecule is Cc1nc2ccccc2n(CC(=O)N2CC[C@H](c3ccccc3F)C2)c1=O. The minimum atomic E-state index is -0.257. The number of halogens is 1. The van der Waals surface area contributed by atoms with E-state index in [1.165, 1.54) is 10.6 Å². The number of fused-ring (bicyclic) bond motifs is 1. The molecule has 2 aromatic carbocycles. The lowest BCUT2D eigenvalue weighted by Crippen LogP contribution is -2.36. The molecule has 0 spiro atoms. The standard InChI is InChI=1S/C21H20FN3O2/c1-14-21(27)25(19-9-5-4-8-18(19)23-14)13-20(26)24-11-10-15(12-24)16-6-2-3-7-17(16)22/h2-9,15H,10-13H2,1H3/t15-/m0/s1. The average molecular weight is 365 g/mol. The maximum absolute atomic E-state index is 14.0. The fourth-order valence-electron chi connectivity index (χ4n) is 3.76. The van der Waals surface area contributed by atoms with Gasteiger partial charge in [-0.05, 0) is 37.1 Å². The summed E-state index contributed by atoms with van der Waals surface area (Å²) in [5.41, 5.74) is 2.09. The molecular formula is C21H20FN3O2. The molecule has 1 aromatic heterocycles. The summed E-state index contributed by atoms with van der Waals surface area (Å²) in [6, 6.07) is 14.0. The summed E-state index contributed by atoms with van der Waals surface area (Å²) in [4.78, 5) is 31.4. The predicted molar refractivity (Wildman–Crippen MR) is 101 cm³/mol. The van der Waals surface area contributed by atoms with E-state index in [1.807, 2.05) is 24.3 Å². The van der Waals surface area contributed by atoms with Gasteiger partial charge in [0.25, 0.3) is 5.56 Å². The third-order valence-corrected chi connectivity index (χ3v) is 5.19. The molecule has 1 saturated heterocycles. The highest BCUT2D eigenvalue weighted by Gasteiger charge is 2.29. The lowest BCUT2D eigenvalue weighted by molar-refractivity contribution is -0.130. The molecule has 1 fully saturated rings. The van der Waals surface area contributed by atoms with Gasteiger partial charge in [-0.2, -0.15) is 0 Å². The molecule has 1 aliphatic rings. The average Bonchev–Trinajstić information content (AvgIpc) is 3.16. The van der Waals surface area contributed by atoms with Crippen LogP contribution in [0.5, 0.6) is 0 Å². The molecule has 5 nitrogen and oxygen atoms in total. The highest BCUT2D eigenvalue weighted by atomic mass is 19.1. The van der Waals surface area contributed by atoms with Crippen molar-refractivity contribution in [1.82, 2.24) is 14.5 Å². The molecule has 0 aliphatic carbocycles. The van der Waals surface area contributed by atoms with Gasteiger partial charge in [-0.3, -0.25) is 14.2 Å². The Hall–Kier alpha value is -3.02. The molecule has 1 aliphatic heterocycles. The quantitative estimate of drug-likeness (QED) is 0.717. The predicted octanol–water partition coefficient (Wildman–Crippen LogP) is 2.86. The molecular weight excluding hydrogens is 345 g/mol. The van der Waals surface area contributed by atoms with Crippen LogP contribution in [0, 0.1) is 12.7 Å². The number of aromatic nitrogens is 2. The van der Waals surface area contributed by atoms with E-state index in [9.17, 15) is 14.0 Å². The van der Waals surface area contributed by atoms with Gasteiger partial charge < -0.3 is 4.90 Å². The van der Waals surface area contributed by atoms with Crippen LogP contribution < -0.4 is 5.56 Å². The molecule has 1 amide bonds. The minimum absolute atomic E-state index is 0.0113. The van der Waals surface area contributed by atoms with Gasteiger partial charge in [0.1, 0.15) is 18.1 Å². The number of likely N-dealkylation sites (tertiary alicyclic amines) is 1. The molecule has 0 saturated carbocycles. The number of carbonyl (C=O) groups is 1. The second-order valence-electron chi connectivity index (χ2n) is 6.92. The van der Waals surface area contributed by atoms with E-state index < -0.39 is 0 Å². The maximum atomic E-state index is 14.0. The van der Waals surface area contributed by atoms with Crippen molar-refractivity contribution in [3.63, 3.8) is 0 Å². The molecule has 0 bridgehead atoms. The molecule has 3 aromatic rings. The maximum Gasteiger partial charge on any atom is 0.272 e. The van der Waals surface area contributed by atoms with E-state index in [2.05, 4.69) is 4.98 Å². The van der Waals surface area contributed by atoms with Crippen LogP contribution in [0.2, 0.25) is 0 Å². The fourth-order valence-corrected chi connectivity index (χ4v) is 3.76. The number of carbonyl (C=O) groups excluding carboxylic acids is 1. The zero-order valence-corrected chi connectivity index (χ0v) is 15.1. The van der Waals surface area contributed by atoms with Gasteiger partial charge >= 0.3 is 0 Å². The van der Waals surface area contributed by atoms with E-state index in [0.717, 1.165) is 6.42 Å². The molecule has 27 heavy (non-hydrogen) atoms. The van der Waals surface area contributed by atoms with Crippen molar-refractivity contribution >= 4 is 16.9 Å². The van der Waals surface area contributed by atoms with Gasteiger partial charge in [0.05, 0.1) is 11.0 Å². The lowest BCUT2D eigenvalue weighted by Gasteiger charge is -2.19. The number of nitrogens with zero attached hydrogens (tertiary/aromatic N) is 3. The highest BCUT2D eigenvalue weighted by Crippen LogP contribution is 2.29. The summed E-state index contributed by atoms with van der Waals surface area (Å²) in [6.07, 6.45) is 0.720. The zero-order chi connectivity index (χ0) is 19.0. The van der Waals surface area contributed by atoms with Crippen molar-refractivity contribution in [1.29, 1.82) is 0 Å². The van der Waals surface area contributed by atoms with Crippen molar-refractivity contribution in [2.45, 2.75) is 25.8 Å². The topological polar surface area (TPSA) is 55.2 Å². The van der Waals surface area contributed by atoms with E-state index in [-0.39, 0.29) is 29.7 Å². The third-order valence-electron chi connectivity index (χ3n) is 5.19. The largest absolute Gasteiger partial charge is 0.341 e. The van der Waals surface area contributed by atoms with Gasteiger partial charge in [0.2, 0.25) is 5.91 Å². The summed E-state index contributed by atoms with van der Waals surface area (Å²) < 4.78 is 15.5. The fraction of sp³-hybridized carbons (Fsp3) is 0.286. The normalized spacial score (nSPS) is 16.8. The van der Waals surface area contributed by atoms with Gasteiger partial charge in [0.15, 0.2) is 0 Å². The van der Waals surface area contributed by atoms with E-state index >= 15 is 0 Å². The number of para-hydroxylation sites is 2.